The second-order valence-electron chi connectivity index (χ2n) is 4.95. The number of hydrogen-bond acceptors (Lipinski definition) is 2. The van der Waals surface area contributed by atoms with Crippen LogP contribution in [0.5, 0.6) is 0 Å². The molecule has 0 amide bonds. The van der Waals surface area contributed by atoms with E-state index >= 15 is 0 Å². The van der Waals surface area contributed by atoms with Crippen LogP contribution in [0.2, 0.25) is 0 Å². The molecule has 1 saturated carbocycles. The number of nitrogens with zero attached hydrogens (tertiary/aromatic N) is 1. The molecule has 0 saturated heterocycles. The molecule has 0 aromatic carbocycles. The predicted molar refractivity (Wildman–Crippen MR) is 71.5 cm³/mol. The van der Waals surface area contributed by atoms with Gasteiger partial charge < -0.3 is 5.32 Å². The summed E-state index contributed by atoms with van der Waals surface area (Å²) in [4.78, 5) is 4.42. The molecule has 16 heavy (non-hydrogen) atoms. The summed E-state index contributed by atoms with van der Waals surface area (Å²) in [5.74, 6) is 2.67. The molecule has 2 nitrogen and oxygen atoms in total. The average Bonchev–Trinajstić information content (AvgIpc) is 2.24. The van der Waals surface area contributed by atoms with E-state index in [0.29, 0.717) is 6.04 Å². The van der Waals surface area contributed by atoms with E-state index in [1.165, 1.54) is 19.3 Å². The van der Waals surface area contributed by atoms with E-state index in [9.17, 15) is 0 Å². The van der Waals surface area contributed by atoms with Crippen molar-refractivity contribution in [1.82, 2.24) is 4.98 Å². The Morgan fingerprint density at radius 3 is 2.75 bits per heavy atom. The largest absolute Gasteiger partial charge is 0.367 e. The van der Waals surface area contributed by atoms with E-state index in [4.69, 9.17) is 0 Å². The van der Waals surface area contributed by atoms with Crippen LogP contribution < -0.4 is 5.32 Å². The van der Waals surface area contributed by atoms with Gasteiger partial charge in [0, 0.05) is 6.04 Å². The SMILES string of the molecule is CC1CCC(Nc2cccc(Br)n2)CC1C. The maximum Gasteiger partial charge on any atom is 0.127 e. The van der Waals surface area contributed by atoms with Gasteiger partial charge >= 0.3 is 0 Å². The van der Waals surface area contributed by atoms with Crippen LogP contribution in [0.15, 0.2) is 22.8 Å². The van der Waals surface area contributed by atoms with Gasteiger partial charge in [0.2, 0.25) is 0 Å². The minimum absolute atomic E-state index is 0.591. The maximum absolute atomic E-state index is 4.42. The highest BCUT2D eigenvalue weighted by Gasteiger charge is 2.24. The van der Waals surface area contributed by atoms with Crippen LogP contribution in [0, 0.1) is 11.8 Å². The Kier molecular flexibility index (Phi) is 3.85. The number of pyridine rings is 1. The quantitative estimate of drug-likeness (QED) is 0.827. The highest BCUT2D eigenvalue weighted by molar-refractivity contribution is 9.10. The van der Waals surface area contributed by atoms with Gasteiger partial charge in [-0.1, -0.05) is 19.9 Å². The van der Waals surface area contributed by atoms with Crippen molar-refractivity contribution in [2.24, 2.45) is 11.8 Å². The zero-order valence-corrected chi connectivity index (χ0v) is 11.5. The van der Waals surface area contributed by atoms with Crippen LogP contribution in [0.25, 0.3) is 0 Å². The molecule has 1 aliphatic rings. The molecule has 1 aromatic rings. The summed E-state index contributed by atoms with van der Waals surface area (Å²) in [5.41, 5.74) is 0. The van der Waals surface area contributed by atoms with Crippen molar-refractivity contribution in [3.05, 3.63) is 22.8 Å². The van der Waals surface area contributed by atoms with Crippen molar-refractivity contribution in [1.29, 1.82) is 0 Å². The van der Waals surface area contributed by atoms with Gasteiger partial charge in [0.1, 0.15) is 10.4 Å². The number of halogens is 1. The van der Waals surface area contributed by atoms with Crippen molar-refractivity contribution in [2.75, 3.05) is 5.32 Å². The lowest BCUT2D eigenvalue weighted by Gasteiger charge is -2.32. The first kappa shape index (κ1) is 11.9. The first-order chi connectivity index (χ1) is 7.65. The Balaban J connectivity index is 1.95. The first-order valence-corrected chi connectivity index (χ1v) is 6.83. The van der Waals surface area contributed by atoms with Crippen LogP contribution in [0.3, 0.4) is 0 Å². The molecule has 3 unspecified atom stereocenters. The molecule has 0 spiro atoms. The summed E-state index contributed by atoms with van der Waals surface area (Å²) in [7, 11) is 0. The van der Waals surface area contributed by atoms with E-state index in [1.807, 2.05) is 18.2 Å². The molecule has 0 aliphatic heterocycles. The summed E-state index contributed by atoms with van der Waals surface area (Å²) in [5, 5.41) is 3.53. The van der Waals surface area contributed by atoms with Crippen LogP contribution in [0.4, 0.5) is 5.82 Å². The van der Waals surface area contributed by atoms with Crippen molar-refractivity contribution in [3.8, 4) is 0 Å². The summed E-state index contributed by atoms with van der Waals surface area (Å²) in [6.07, 6.45) is 3.85. The molecular weight excluding hydrogens is 264 g/mol. The van der Waals surface area contributed by atoms with Crippen molar-refractivity contribution in [2.45, 2.75) is 39.2 Å². The van der Waals surface area contributed by atoms with Gasteiger partial charge in [-0.15, -0.1) is 0 Å². The molecule has 1 aliphatic carbocycles. The third-order valence-corrected chi connectivity index (χ3v) is 4.11. The average molecular weight is 283 g/mol. The van der Waals surface area contributed by atoms with Gasteiger partial charge in [-0.25, -0.2) is 4.98 Å². The second-order valence-corrected chi connectivity index (χ2v) is 5.77. The maximum atomic E-state index is 4.42. The van der Waals surface area contributed by atoms with E-state index in [0.717, 1.165) is 22.3 Å². The Bertz CT molecular complexity index is 354. The summed E-state index contributed by atoms with van der Waals surface area (Å²) >= 11 is 3.40. The Morgan fingerprint density at radius 1 is 1.25 bits per heavy atom. The first-order valence-electron chi connectivity index (χ1n) is 6.04. The number of aromatic nitrogens is 1. The van der Waals surface area contributed by atoms with E-state index in [2.05, 4.69) is 40.1 Å². The lowest BCUT2D eigenvalue weighted by Crippen LogP contribution is -2.30. The summed E-state index contributed by atoms with van der Waals surface area (Å²) < 4.78 is 0.898. The van der Waals surface area contributed by atoms with E-state index < -0.39 is 0 Å². The molecule has 1 fully saturated rings. The monoisotopic (exact) mass is 282 g/mol. The van der Waals surface area contributed by atoms with Gasteiger partial charge in [-0.05, 0) is 59.2 Å². The molecule has 1 aromatic heterocycles. The van der Waals surface area contributed by atoms with Crippen LogP contribution in [-0.4, -0.2) is 11.0 Å². The molecule has 1 heterocycles. The molecule has 1 N–H and O–H groups in total. The molecule has 0 bridgehead atoms. The summed E-state index contributed by atoms with van der Waals surface area (Å²) in [6.45, 7) is 4.71. The third kappa shape index (κ3) is 2.97. The van der Waals surface area contributed by atoms with Crippen molar-refractivity contribution < 1.29 is 0 Å². The molecule has 3 heteroatoms. The zero-order chi connectivity index (χ0) is 11.5. The molecular formula is C13H19BrN2. The number of hydrogen-bond donors (Lipinski definition) is 1. The number of rotatable bonds is 2. The second kappa shape index (κ2) is 5.17. The fraction of sp³-hybridized carbons (Fsp3) is 0.615. The van der Waals surface area contributed by atoms with Crippen LogP contribution in [0.1, 0.15) is 33.1 Å². The lowest BCUT2D eigenvalue weighted by molar-refractivity contribution is 0.260. The number of nitrogens with one attached hydrogen (secondary N) is 1. The molecule has 2 rings (SSSR count). The molecule has 3 atom stereocenters. The fourth-order valence-corrected chi connectivity index (χ4v) is 2.72. The van der Waals surface area contributed by atoms with Gasteiger partial charge in [0.15, 0.2) is 0 Å². The summed E-state index contributed by atoms with van der Waals surface area (Å²) in [6, 6.07) is 6.60. The minimum Gasteiger partial charge on any atom is -0.367 e. The highest BCUT2D eigenvalue weighted by atomic mass is 79.9. The van der Waals surface area contributed by atoms with Crippen LogP contribution in [-0.2, 0) is 0 Å². The Labute approximate surface area is 106 Å². The third-order valence-electron chi connectivity index (χ3n) is 3.67. The Morgan fingerprint density at radius 2 is 2.06 bits per heavy atom. The van der Waals surface area contributed by atoms with Gasteiger partial charge in [0.05, 0.1) is 0 Å². The van der Waals surface area contributed by atoms with Gasteiger partial charge in [-0.2, -0.15) is 0 Å². The normalized spacial score (nSPS) is 30.1. The fourth-order valence-electron chi connectivity index (χ4n) is 2.38. The zero-order valence-electron chi connectivity index (χ0n) is 9.91. The van der Waals surface area contributed by atoms with Crippen LogP contribution >= 0.6 is 15.9 Å². The standard InChI is InChI=1S/C13H19BrN2/c1-9-6-7-11(8-10(9)2)15-13-5-3-4-12(14)16-13/h3-5,9-11H,6-8H2,1-2H3,(H,15,16). The van der Waals surface area contributed by atoms with Gasteiger partial charge in [0.25, 0.3) is 0 Å². The topological polar surface area (TPSA) is 24.9 Å². The van der Waals surface area contributed by atoms with Gasteiger partial charge in [-0.3, -0.25) is 0 Å². The molecule has 0 radical (unpaired) electrons. The van der Waals surface area contributed by atoms with Crippen molar-refractivity contribution in [3.63, 3.8) is 0 Å². The smallest absolute Gasteiger partial charge is 0.127 e. The van der Waals surface area contributed by atoms with E-state index in [-0.39, 0.29) is 0 Å². The van der Waals surface area contributed by atoms with E-state index in [1.54, 1.807) is 0 Å². The molecule has 88 valence electrons. The highest BCUT2D eigenvalue weighted by Crippen LogP contribution is 2.30. The Hall–Kier alpha value is -0.570. The van der Waals surface area contributed by atoms with Crippen molar-refractivity contribution >= 4 is 21.7 Å². The number of anilines is 1. The lowest BCUT2D eigenvalue weighted by atomic mass is 9.79. The minimum atomic E-state index is 0.591. The predicted octanol–water partition coefficient (Wildman–Crippen LogP) is 4.08.